The highest BCUT2D eigenvalue weighted by atomic mass is 19.1. The number of nitrogens with two attached hydrogens (primary N) is 2. The van der Waals surface area contributed by atoms with Crippen LogP contribution in [0.1, 0.15) is 28.4 Å². The number of hydrogen-bond donors (Lipinski definition) is 4. The first kappa shape index (κ1) is 22.4. The maximum absolute atomic E-state index is 13.9. The van der Waals surface area contributed by atoms with Crippen LogP contribution in [0.3, 0.4) is 0 Å². The number of benzene rings is 3. The average Bonchev–Trinajstić information content (AvgIpc) is 2.76. The van der Waals surface area contributed by atoms with Crippen LogP contribution in [0.15, 0.2) is 66.7 Å². The van der Waals surface area contributed by atoms with Crippen molar-refractivity contribution in [2.45, 2.75) is 18.5 Å². The Morgan fingerprint density at radius 2 is 1.50 bits per heavy atom. The second-order valence-electron chi connectivity index (χ2n) is 7.13. The van der Waals surface area contributed by atoms with E-state index in [9.17, 15) is 23.6 Å². The van der Waals surface area contributed by atoms with Gasteiger partial charge >= 0.3 is 0 Å². The summed E-state index contributed by atoms with van der Waals surface area (Å²) in [7, 11) is 0. The van der Waals surface area contributed by atoms with Gasteiger partial charge in [0.1, 0.15) is 17.9 Å². The number of rotatable bonds is 8. The van der Waals surface area contributed by atoms with Gasteiger partial charge in [0.05, 0.1) is 12.0 Å². The Bertz CT molecular complexity index is 1200. The first-order valence-electron chi connectivity index (χ1n) is 9.68. The summed E-state index contributed by atoms with van der Waals surface area (Å²) in [5, 5.41) is 6.48. The topological polar surface area (TPSA) is 144 Å². The fourth-order valence-corrected chi connectivity index (χ4v) is 3.24. The highest BCUT2D eigenvalue weighted by Crippen LogP contribution is 2.21. The highest BCUT2D eigenvalue weighted by Gasteiger charge is 2.29. The largest absolute Gasteiger partial charge is 0.370 e. The smallest absolute Gasteiger partial charge is 0.254 e. The number of halogens is 1. The van der Waals surface area contributed by atoms with Crippen molar-refractivity contribution in [3.8, 4) is 0 Å². The van der Waals surface area contributed by atoms with E-state index in [1.807, 2.05) is 24.3 Å². The molecule has 0 bridgehead atoms. The first-order valence-corrected chi connectivity index (χ1v) is 9.68. The lowest BCUT2D eigenvalue weighted by Gasteiger charge is -2.22. The molecule has 0 saturated heterocycles. The van der Waals surface area contributed by atoms with Gasteiger partial charge in [-0.2, -0.15) is 0 Å². The van der Waals surface area contributed by atoms with E-state index in [1.165, 1.54) is 18.2 Å². The van der Waals surface area contributed by atoms with Crippen LogP contribution >= 0.6 is 0 Å². The summed E-state index contributed by atoms with van der Waals surface area (Å²) in [5.41, 5.74) is 10.8. The van der Waals surface area contributed by atoms with Gasteiger partial charge in [0, 0.05) is 0 Å². The molecule has 9 heteroatoms. The van der Waals surface area contributed by atoms with Crippen LogP contribution in [-0.2, 0) is 14.4 Å². The van der Waals surface area contributed by atoms with Gasteiger partial charge in [-0.3, -0.25) is 19.2 Å². The average molecular weight is 436 g/mol. The molecule has 0 aliphatic carbocycles. The third-order valence-corrected chi connectivity index (χ3v) is 4.82. The van der Waals surface area contributed by atoms with Gasteiger partial charge in [-0.1, -0.05) is 48.5 Å². The van der Waals surface area contributed by atoms with Crippen LogP contribution in [-0.4, -0.2) is 29.7 Å². The van der Waals surface area contributed by atoms with Crippen LogP contribution in [0, 0.1) is 5.82 Å². The van der Waals surface area contributed by atoms with Gasteiger partial charge in [0.2, 0.25) is 17.7 Å². The maximum Gasteiger partial charge on any atom is 0.254 e. The second-order valence-corrected chi connectivity index (χ2v) is 7.13. The number of nitrogens with one attached hydrogen (secondary N) is 2. The van der Waals surface area contributed by atoms with Crippen molar-refractivity contribution >= 4 is 34.4 Å². The molecular formula is C23H21FN4O4. The molecule has 0 aliphatic rings. The molecule has 0 heterocycles. The van der Waals surface area contributed by atoms with Crippen LogP contribution in [0.2, 0.25) is 0 Å². The second kappa shape index (κ2) is 9.69. The Labute approximate surface area is 182 Å². The minimum atomic E-state index is -1.44. The van der Waals surface area contributed by atoms with E-state index in [0.717, 1.165) is 16.8 Å². The number of carbonyl (C=O) groups excluding carboxylic acids is 4. The molecular weight excluding hydrogens is 415 g/mol. The molecule has 32 heavy (non-hydrogen) atoms. The Kier molecular flexibility index (Phi) is 6.79. The molecule has 6 N–H and O–H groups in total. The molecule has 2 unspecified atom stereocenters. The summed E-state index contributed by atoms with van der Waals surface area (Å²) in [6.45, 7) is 0. The van der Waals surface area contributed by atoms with Gasteiger partial charge in [0.25, 0.3) is 5.91 Å². The van der Waals surface area contributed by atoms with E-state index < -0.39 is 48.0 Å². The maximum atomic E-state index is 13.9. The van der Waals surface area contributed by atoms with Crippen molar-refractivity contribution < 1.29 is 23.6 Å². The number of primary amides is 2. The molecule has 3 aromatic rings. The summed E-state index contributed by atoms with van der Waals surface area (Å²) in [6.07, 6.45) is -0.560. The molecule has 0 aliphatic heterocycles. The summed E-state index contributed by atoms with van der Waals surface area (Å²) >= 11 is 0. The standard InChI is InChI=1S/C23H21FN4O4/c24-17-8-4-3-7-16(17)22(31)27-18(12-19(25)29)23(32)28-20(21(26)30)15-10-9-13-5-1-2-6-14(13)11-15/h1-11,18,20H,12H2,(H2,25,29)(H2,26,30)(H,27,31)(H,28,32). The summed E-state index contributed by atoms with van der Waals surface area (Å²) in [5.74, 6) is -4.29. The van der Waals surface area contributed by atoms with Crippen LogP contribution < -0.4 is 22.1 Å². The Balaban J connectivity index is 1.83. The van der Waals surface area contributed by atoms with E-state index >= 15 is 0 Å². The third kappa shape index (κ3) is 5.25. The predicted molar refractivity (Wildman–Crippen MR) is 115 cm³/mol. The highest BCUT2D eigenvalue weighted by molar-refractivity contribution is 6.00. The molecule has 3 aromatic carbocycles. The van der Waals surface area contributed by atoms with Crippen molar-refractivity contribution in [1.82, 2.24) is 10.6 Å². The number of amides is 4. The summed E-state index contributed by atoms with van der Waals surface area (Å²) < 4.78 is 13.9. The molecule has 0 radical (unpaired) electrons. The summed E-state index contributed by atoms with van der Waals surface area (Å²) in [6, 6.07) is 15.0. The van der Waals surface area contributed by atoms with E-state index in [4.69, 9.17) is 11.5 Å². The van der Waals surface area contributed by atoms with Gasteiger partial charge in [-0.25, -0.2) is 4.39 Å². The number of carbonyl (C=O) groups is 4. The predicted octanol–water partition coefficient (Wildman–Crippen LogP) is 1.30. The summed E-state index contributed by atoms with van der Waals surface area (Å²) in [4.78, 5) is 48.8. The third-order valence-electron chi connectivity index (χ3n) is 4.82. The molecule has 3 rings (SSSR count). The van der Waals surface area contributed by atoms with E-state index in [-0.39, 0.29) is 5.56 Å². The van der Waals surface area contributed by atoms with Gasteiger partial charge in [-0.15, -0.1) is 0 Å². The fourth-order valence-electron chi connectivity index (χ4n) is 3.24. The molecule has 0 saturated carbocycles. The zero-order valence-corrected chi connectivity index (χ0v) is 16.9. The lowest BCUT2D eigenvalue weighted by atomic mass is 10.0. The van der Waals surface area contributed by atoms with E-state index in [1.54, 1.807) is 18.2 Å². The quantitative estimate of drug-likeness (QED) is 0.422. The molecule has 0 fully saturated rings. The first-order chi connectivity index (χ1) is 15.3. The van der Waals surface area contributed by atoms with Gasteiger partial charge in [-0.05, 0) is 34.5 Å². The zero-order valence-electron chi connectivity index (χ0n) is 16.9. The lowest BCUT2D eigenvalue weighted by molar-refractivity contribution is -0.130. The minimum Gasteiger partial charge on any atom is -0.370 e. The van der Waals surface area contributed by atoms with Crippen LogP contribution in [0.4, 0.5) is 4.39 Å². The van der Waals surface area contributed by atoms with E-state index in [0.29, 0.717) is 5.56 Å². The molecule has 4 amide bonds. The van der Waals surface area contributed by atoms with Crippen molar-refractivity contribution in [2.24, 2.45) is 11.5 Å². The molecule has 0 spiro atoms. The normalized spacial score (nSPS) is 12.5. The Morgan fingerprint density at radius 3 is 2.16 bits per heavy atom. The molecule has 0 aromatic heterocycles. The van der Waals surface area contributed by atoms with E-state index in [2.05, 4.69) is 10.6 Å². The van der Waals surface area contributed by atoms with Crippen molar-refractivity contribution in [3.63, 3.8) is 0 Å². The lowest BCUT2D eigenvalue weighted by Crippen LogP contribution is -2.51. The number of hydrogen-bond acceptors (Lipinski definition) is 4. The monoisotopic (exact) mass is 436 g/mol. The Hall–Kier alpha value is -4.27. The Morgan fingerprint density at radius 1 is 0.844 bits per heavy atom. The molecule has 8 nitrogen and oxygen atoms in total. The molecule has 164 valence electrons. The van der Waals surface area contributed by atoms with Crippen LogP contribution in [0.5, 0.6) is 0 Å². The van der Waals surface area contributed by atoms with Gasteiger partial charge < -0.3 is 22.1 Å². The fraction of sp³-hybridized carbons (Fsp3) is 0.130. The van der Waals surface area contributed by atoms with Crippen molar-refractivity contribution in [2.75, 3.05) is 0 Å². The van der Waals surface area contributed by atoms with Crippen molar-refractivity contribution in [3.05, 3.63) is 83.7 Å². The SMILES string of the molecule is NC(=O)CC(NC(=O)c1ccccc1F)C(=O)NC(C(N)=O)c1ccc2ccccc2c1. The minimum absolute atomic E-state index is 0.309. The van der Waals surface area contributed by atoms with Gasteiger partial charge in [0.15, 0.2) is 0 Å². The zero-order chi connectivity index (χ0) is 23.3. The number of fused-ring (bicyclic) bond motifs is 1. The van der Waals surface area contributed by atoms with Crippen LogP contribution in [0.25, 0.3) is 10.8 Å². The van der Waals surface area contributed by atoms with Crippen molar-refractivity contribution in [1.29, 1.82) is 0 Å². The molecule has 2 atom stereocenters.